The van der Waals surface area contributed by atoms with Crippen LogP contribution in [0.1, 0.15) is 29.5 Å². The van der Waals surface area contributed by atoms with Crippen LogP contribution in [0.25, 0.3) is 0 Å². The number of benzene rings is 1. The van der Waals surface area contributed by atoms with Crippen LogP contribution in [0.5, 0.6) is 5.75 Å². The quantitative estimate of drug-likeness (QED) is 0.874. The zero-order valence-corrected chi connectivity index (χ0v) is 9.99. The summed E-state index contributed by atoms with van der Waals surface area (Å²) >= 11 is 0. The van der Waals surface area contributed by atoms with Gasteiger partial charge >= 0.3 is 0 Å². The predicted octanol–water partition coefficient (Wildman–Crippen LogP) is 2.04. The second kappa shape index (κ2) is 4.74. The van der Waals surface area contributed by atoms with Gasteiger partial charge in [-0.25, -0.2) is 9.97 Å². The van der Waals surface area contributed by atoms with Gasteiger partial charge in [0.2, 0.25) is 0 Å². The van der Waals surface area contributed by atoms with Crippen LogP contribution in [0.15, 0.2) is 43.0 Å². The Balaban J connectivity index is 1.94. The van der Waals surface area contributed by atoms with Crippen molar-refractivity contribution in [3.63, 3.8) is 0 Å². The summed E-state index contributed by atoms with van der Waals surface area (Å²) in [4.78, 5) is 8.07. The van der Waals surface area contributed by atoms with Gasteiger partial charge < -0.3 is 10.5 Å². The Kier molecular flexibility index (Phi) is 2.94. The minimum atomic E-state index is -0.0868. The van der Waals surface area contributed by atoms with Crippen LogP contribution < -0.4 is 10.5 Å². The molecule has 1 aromatic carbocycles. The Morgan fingerprint density at radius 3 is 2.83 bits per heavy atom. The van der Waals surface area contributed by atoms with E-state index in [1.54, 1.807) is 12.4 Å². The maximum absolute atomic E-state index is 6.35. The number of para-hydroxylation sites is 1. The lowest BCUT2D eigenvalue weighted by Crippen LogP contribution is -2.25. The molecule has 4 heteroatoms. The van der Waals surface area contributed by atoms with E-state index >= 15 is 0 Å². The number of ether oxygens (including phenoxy) is 1. The minimum absolute atomic E-state index is 0.0868. The van der Waals surface area contributed by atoms with Gasteiger partial charge in [-0.3, -0.25) is 0 Å². The van der Waals surface area contributed by atoms with E-state index in [0.29, 0.717) is 6.61 Å². The lowest BCUT2D eigenvalue weighted by atomic mass is 9.84. The van der Waals surface area contributed by atoms with E-state index in [-0.39, 0.29) is 12.0 Å². The lowest BCUT2D eigenvalue weighted by Gasteiger charge is -2.30. The number of nitrogens with zero attached hydrogens (tertiary/aromatic N) is 2. The summed E-state index contributed by atoms with van der Waals surface area (Å²) in [7, 11) is 0. The summed E-state index contributed by atoms with van der Waals surface area (Å²) in [5, 5.41) is 0. The van der Waals surface area contributed by atoms with Crippen molar-refractivity contribution < 1.29 is 4.74 Å². The Bertz CT molecular complexity index is 530. The molecule has 0 aliphatic carbocycles. The molecule has 1 aliphatic heterocycles. The first kappa shape index (κ1) is 11.2. The highest BCUT2D eigenvalue weighted by atomic mass is 16.5. The molecule has 2 heterocycles. The third-order valence-electron chi connectivity index (χ3n) is 3.40. The summed E-state index contributed by atoms with van der Waals surface area (Å²) in [6, 6.07) is 8.00. The van der Waals surface area contributed by atoms with Crippen LogP contribution in [-0.4, -0.2) is 16.6 Å². The monoisotopic (exact) mass is 241 g/mol. The van der Waals surface area contributed by atoms with Crippen molar-refractivity contribution in [3.05, 3.63) is 54.1 Å². The number of hydrogen-bond donors (Lipinski definition) is 1. The second-order valence-electron chi connectivity index (χ2n) is 4.48. The standard InChI is InChI=1S/C14H15N3O/c15-14(10-7-16-9-17-8-10)12-5-6-18-13-4-2-1-3-11(12)13/h1-4,7-9,12,14H,5-6,15H2. The van der Waals surface area contributed by atoms with Gasteiger partial charge in [-0.2, -0.15) is 0 Å². The summed E-state index contributed by atoms with van der Waals surface area (Å²) in [6.07, 6.45) is 6.02. The number of aromatic nitrogens is 2. The van der Waals surface area contributed by atoms with Gasteiger partial charge in [0.1, 0.15) is 12.1 Å². The molecule has 2 aromatic rings. The molecule has 4 nitrogen and oxygen atoms in total. The molecule has 2 atom stereocenters. The topological polar surface area (TPSA) is 61.0 Å². The summed E-state index contributed by atoms with van der Waals surface area (Å²) in [6.45, 7) is 0.711. The van der Waals surface area contributed by atoms with Crippen molar-refractivity contribution >= 4 is 0 Å². The Morgan fingerprint density at radius 1 is 1.22 bits per heavy atom. The van der Waals surface area contributed by atoms with E-state index in [1.807, 2.05) is 18.2 Å². The smallest absolute Gasteiger partial charge is 0.122 e. The molecule has 2 N–H and O–H groups in total. The van der Waals surface area contributed by atoms with Crippen LogP contribution in [0, 0.1) is 0 Å². The predicted molar refractivity (Wildman–Crippen MR) is 68.3 cm³/mol. The minimum Gasteiger partial charge on any atom is -0.493 e. The van der Waals surface area contributed by atoms with Crippen LogP contribution >= 0.6 is 0 Å². The third kappa shape index (κ3) is 1.95. The average molecular weight is 241 g/mol. The molecule has 0 spiro atoms. The highest BCUT2D eigenvalue weighted by Gasteiger charge is 2.27. The third-order valence-corrected chi connectivity index (χ3v) is 3.40. The zero-order chi connectivity index (χ0) is 12.4. The average Bonchev–Trinajstić information content (AvgIpc) is 2.47. The van der Waals surface area contributed by atoms with Crippen LogP contribution in [-0.2, 0) is 0 Å². The van der Waals surface area contributed by atoms with Gasteiger partial charge in [-0.15, -0.1) is 0 Å². The molecule has 18 heavy (non-hydrogen) atoms. The molecule has 0 saturated heterocycles. The van der Waals surface area contributed by atoms with E-state index in [4.69, 9.17) is 10.5 Å². The molecular formula is C14H15N3O. The van der Waals surface area contributed by atoms with Gasteiger partial charge in [0.15, 0.2) is 0 Å². The van der Waals surface area contributed by atoms with Crippen molar-refractivity contribution in [2.75, 3.05) is 6.61 Å². The fourth-order valence-electron chi connectivity index (χ4n) is 2.46. The van der Waals surface area contributed by atoms with Gasteiger partial charge in [0, 0.05) is 29.9 Å². The van der Waals surface area contributed by atoms with E-state index in [2.05, 4.69) is 16.0 Å². The molecule has 0 fully saturated rings. The lowest BCUT2D eigenvalue weighted by molar-refractivity contribution is 0.255. The number of hydrogen-bond acceptors (Lipinski definition) is 4. The van der Waals surface area contributed by atoms with Crippen molar-refractivity contribution in [2.45, 2.75) is 18.4 Å². The molecule has 0 radical (unpaired) electrons. The van der Waals surface area contributed by atoms with Crippen LogP contribution in [0.4, 0.5) is 0 Å². The Morgan fingerprint density at radius 2 is 2.00 bits per heavy atom. The number of nitrogens with two attached hydrogens (primary N) is 1. The fraction of sp³-hybridized carbons (Fsp3) is 0.286. The molecule has 0 bridgehead atoms. The SMILES string of the molecule is NC(c1cncnc1)C1CCOc2ccccc21. The molecule has 1 aromatic heterocycles. The Labute approximate surface area is 106 Å². The van der Waals surface area contributed by atoms with Gasteiger partial charge in [0.25, 0.3) is 0 Å². The van der Waals surface area contributed by atoms with Crippen molar-refractivity contribution in [1.82, 2.24) is 9.97 Å². The first-order chi connectivity index (χ1) is 8.86. The van der Waals surface area contributed by atoms with Crippen LogP contribution in [0.3, 0.4) is 0 Å². The largest absolute Gasteiger partial charge is 0.493 e. The highest BCUT2D eigenvalue weighted by Crippen LogP contribution is 2.39. The molecule has 0 amide bonds. The van der Waals surface area contributed by atoms with E-state index < -0.39 is 0 Å². The van der Waals surface area contributed by atoms with Gasteiger partial charge in [-0.1, -0.05) is 18.2 Å². The van der Waals surface area contributed by atoms with E-state index in [1.165, 1.54) is 11.9 Å². The second-order valence-corrected chi connectivity index (χ2v) is 4.48. The molecule has 0 saturated carbocycles. The fourth-order valence-corrected chi connectivity index (χ4v) is 2.46. The summed E-state index contributed by atoms with van der Waals surface area (Å²) in [5.74, 6) is 1.21. The van der Waals surface area contributed by atoms with Crippen molar-refractivity contribution in [3.8, 4) is 5.75 Å². The zero-order valence-electron chi connectivity index (χ0n) is 9.99. The first-order valence-electron chi connectivity index (χ1n) is 6.08. The van der Waals surface area contributed by atoms with Gasteiger partial charge in [-0.05, 0) is 18.1 Å². The molecule has 2 unspecified atom stereocenters. The maximum Gasteiger partial charge on any atom is 0.122 e. The van der Waals surface area contributed by atoms with Crippen molar-refractivity contribution in [1.29, 1.82) is 0 Å². The summed E-state index contributed by atoms with van der Waals surface area (Å²) in [5.41, 5.74) is 8.50. The normalized spacial score (nSPS) is 19.7. The molecular weight excluding hydrogens is 226 g/mol. The molecule has 92 valence electrons. The van der Waals surface area contributed by atoms with E-state index in [0.717, 1.165) is 17.7 Å². The first-order valence-corrected chi connectivity index (χ1v) is 6.08. The van der Waals surface area contributed by atoms with E-state index in [9.17, 15) is 0 Å². The summed E-state index contributed by atoms with van der Waals surface area (Å²) < 4.78 is 5.65. The number of rotatable bonds is 2. The maximum atomic E-state index is 6.35. The van der Waals surface area contributed by atoms with Gasteiger partial charge in [0.05, 0.1) is 6.61 Å². The molecule has 3 rings (SSSR count). The highest BCUT2D eigenvalue weighted by molar-refractivity contribution is 5.39. The number of fused-ring (bicyclic) bond motifs is 1. The van der Waals surface area contributed by atoms with Crippen LogP contribution in [0.2, 0.25) is 0 Å². The molecule has 1 aliphatic rings. The Hall–Kier alpha value is -1.94. The van der Waals surface area contributed by atoms with Crippen molar-refractivity contribution in [2.24, 2.45) is 5.73 Å².